The van der Waals surface area contributed by atoms with Gasteiger partial charge in [0.15, 0.2) is 0 Å². The lowest BCUT2D eigenvalue weighted by molar-refractivity contribution is 0.0957. The van der Waals surface area contributed by atoms with Crippen molar-refractivity contribution < 1.29 is 9.18 Å². The molecule has 3 aromatic rings. The topological polar surface area (TPSA) is 68.0 Å². The summed E-state index contributed by atoms with van der Waals surface area (Å²) in [5.74, 6) is -0.153. The summed E-state index contributed by atoms with van der Waals surface area (Å²) in [7, 11) is 0. The van der Waals surface area contributed by atoms with Crippen LogP contribution in [-0.4, -0.2) is 17.4 Å². The highest BCUT2D eigenvalue weighted by Crippen LogP contribution is 2.29. The SMILES string of the molecule is CCNC(=O)c1cnc(N)c2cc(-c3cccc(F)c3)ccc12. The normalized spacial score (nSPS) is 10.7. The van der Waals surface area contributed by atoms with E-state index in [9.17, 15) is 9.18 Å². The molecular weight excluding hydrogens is 293 g/mol. The fourth-order valence-electron chi connectivity index (χ4n) is 2.55. The number of carbonyl (C=O) groups excluding carboxylic acids is 1. The number of hydrogen-bond acceptors (Lipinski definition) is 3. The molecule has 1 heterocycles. The number of halogens is 1. The van der Waals surface area contributed by atoms with Crippen molar-refractivity contribution in [3.63, 3.8) is 0 Å². The van der Waals surface area contributed by atoms with E-state index in [0.29, 0.717) is 23.3 Å². The predicted molar refractivity (Wildman–Crippen MR) is 89.6 cm³/mol. The van der Waals surface area contributed by atoms with E-state index in [-0.39, 0.29) is 11.7 Å². The Morgan fingerprint density at radius 3 is 2.70 bits per heavy atom. The minimum Gasteiger partial charge on any atom is -0.383 e. The number of hydrogen-bond donors (Lipinski definition) is 2. The van der Waals surface area contributed by atoms with Gasteiger partial charge in [0.05, 0.1) is 5.56 Å². The number of amides is 1. The van der Waals surface area contributed by atoms with Gasteiger partial charge < -0.3 is 11.1 Å². The maximum atomic E-state index is 13.4. The summed E-state index contributed by atoms with van der Waals surface area (Å²) in [5, 5.41) is 4.16. The molecule has 0 spiro atoms. The number of pyridine rings is 1. The van der Waals surface area contributed by atoms with Crippen molar-refractivity contribution in [2.24, 2.45) is 0 Å². The molecule has 0 fully saturated rings. The van der Waals surface area contributed by atoms with Crippen LogP contribution < -0.4 is 11.1 Å². The molecule has 0 saturated heterocycles. The first-order valence-electron chi connectivity index (χ1n) is 7.32. The number of nitrogens with zero attached hydrogens (tertiary/aromatic N) is 1. The van der Waals surface area contributed by atoms with Crippen molar-refractivity contribution in [2.75, 3.05) is 12.3 Å². The van der Waals surface area contributed by atoms with Crippen LogP contribution in [0.3, 0.4) is 0 Å². The molecule has 116 valence electrons. The Hall–Kier alpha value is -2.95. The lowest BCUT2D eigenvalue weighted by atomic mass is 9.99. The van der Waals surface area contributed by atoms with Gasteiger partial charge in [-0.05, 0) is 41.6 Å². The second kappa shape index (κ2) is 6.04. The zero-order chi connectivity index (χ0) is 16.4. The average Bonchev–Trinajstić information content (AvgIpc) is 2.55. The van der Waals surface area contributed by atoms with Gasteiger partial charge in [0.25, 0.3) is 5.91 Å². The minimum absolute atomic E-state index is 0.191. The maximum absolute atomic E-state index is 13.4. The number of nitrogens with two attached hydrogens (primary N) is 1. The molecule has 2 aromatic carbocycles. The molecule has 0 aliphatic carbocycles. The van der Waals surface area contributed by atoms with Crippen LogP contribution in [0, 0.1) is 5.82 Å². The molecule has 0 saturated carbocycles. The van der Waals surface area contributed by atoms with Crippen LogP contribution in [0.1, 0.15) is 17.3 Å². The van der Waals surface area contributed by atoms with E-state index in [4.69, 9.17) is 5.73 Å². The molecule has 0 aliphatic rings. The summed E-state index contributed by atoms with van der Waals surface area (Å²) in [5.41, 5.74) is 8.00. The van der Waals surface area contributed by atoms with Crippen LogP contribution in [0.2, 0.25) is 0 Å². The number of rotatable bonds is 3. The first-order valence-corrected chi connectivity index (χ1v) is 7.32. The molecule has 3 rings (SSSR count). The standard InChI is InChI=1S/C18H16FN3O/c1-2-21-18(23)16-10-22-17(20)15-9-12(6-7-14(15)16)11-4-3-5-13(19)8-11/h3-10H,2H2,1H3,(H2,20,22)(H,21,23). The molecule has 0 aliphatic heterocycles. The van der Waals surface area contributed by atoms with Crippen molar-refractivity contribution in [2.45, 2.75) is 6.92 Å². The van der Waals surface area contributed by atoms with Gasteiger partial charge in [0.2, 0.25) is 0 Å². The highest BCUT2D eigenvalue weighted by Gasteiger charge is 2.13. The second-order valence-electron chi connectivity index (χ2n) is 5.19. The van der Waals surface area contributed by atoms with Gasteiger partial charge in [0, 0.05) is 18.1 Å². The van der Waals surface area contributed by atoms with Crippen molar-refractivity contribution >= 4 is 22.5 Å². The van der Waals surface area contributed by atoms with E-state index in [1.54, 1.807) is 6.07 Å². The monoisotopic (exact) mass is 309 g/mol. The number of nitrogens with one attached hydrogen (secondary N) is 1. The molecule has 3 N–H and O–H groups in total. The molecule has 0 radical (unpaired) electrons. The Bertz CT molecular complexity index is 893. The Morgan fingerprint density at radius 1 is 1.17 bits per heavy atom. The molecular formula is C18H16FN3O. The molecule has 5 heteroatoms. The highest BCUT2D eigenvalue weighted by molar-refractivity contribution is 6.09. The first-order chi connectivity index (χ1) is 11.1. The van der Waals surface area contributed by atoms with Crippen LogP contribution in [0.5, 0.6) is 0 Å². The third-order valence-corrected chi connectivity index (χ3v) is 3.66. The Morgan fingerprint density at radius 2 is 1.96 bits per heavy atom. The van der Waals surface area contributed by atoms with Crippen LogP contribution >= 0.6 is 0 Å². The molecule has 1 amide bonds. The molecule has 23 heavy (non-hydrogen) atoms. The highest BCUT2D eigenvalue weighted by atomic mass is 19.1. The Balaban J connectivity index is 2.17. The minimum atomic E-state index is -0.301. The summed E-state index contributed by atoms with van der Waals surface area (Å²) in [6.07, 6.45) is 1.48. The maximum Gasteiger partial charge on any atom is 0.253 e. The zero-order valence-corrected chi connectivity index (χ0v) is 12.6. The number of fused-ring (bicyclic) bond motifs is 1. The fourth-order valence-corrected chi connectivity index (χ4v) is 2.55. The molecule has 4 nitrogen and oxygen atoms in total. The van der Waals surface area contributed by atoms with Crippen LogP contribution in [-0.2, 0) is 0 Å². The summed E-state index contributed by atoms with van der Waals surface area (Å²) in [6, 6.07) is 11.8. The van der Waals surface area contributed by atoms with E-state index in [1.807, 2.05) is 31.2 Å². The van der Waals surface area contributed by atoms with E-state index in [2.05, 4.69) is 10.3 Å². The van der Waals surface area contributed by atoms with Gasteiger partial charge in [-0.3, -0.25) is 4.79 Å². The van der Waals surface area contributed by atoms with Crippen molar-refractivity contribution in [3.8, 4) is 11.1 Å². The molecule has 1 aromatic heterocycles. The second-order valence-corrected chi connectivity index (χ2v) is 5.19. The van der Waals surface area contributed by atoms with Crippen molar-refractivity contribution in [1.82, 2.24) is 10.3 Å². The van der Waals surface area contributed by atoms with Crippen molar-refractivity contribution in [1.29, 1.82) is 0 Å². The van der Waals surface area contributed by atoms with Gasteiger partial charge in [-0.25, -0.2) is 9.37 Å². The van der Waals surface area contributed by atoms with Gasteiger partial charge in [-0.1, -0.05) is 24.3 Å². The molecule has 0 bridgehead atoms. The van der Waals surface area contributed by atoms with Crippen molar-refractivity contribution in [3.05, 3.63) is 60.0 Å². The third kappa shape index (κ3) is 2.85. The summed E-state index contributed by atoms with van der Waals surface area (Å²) >= 11 is 0. The smallest absolute Gasteiger partial charge is 0.253 e. The van der Waals surface area contributed by atoms with Crippen LogP contribution in [0.25, 0.3) is 21.9 Å². The predicted octanol–water partition coefficient (Wildman–Crippen LogP) is 3.37. The third-order valence-electron chi connectivity index (χ3n) is 3.66. The average molecular weight is 309 g/mol. The van der Waals surface area contributed by atoms with Crippen LogP contribution in [0.4, 0.5) is 10.2 Å². The number of benzene rings is 2. The molecule has 0 atom stereocenters. The van der Waals surface area contributed by atoms with E-state index in [0.717, 1.165) is 16.5 Å². The fraction of sp³-hybridized carbons (Fsp3) is 0.111. The lowest BCUT2D eigenvalue weighted by Gasteiger charge is -2.10. The number of carbonyl (C=O) groups is 1. The number of aromatic nitrogens is 1. The van der Waals surface area contributed by atoms with Gasteiger partial charge >= 0.3 is 0 Å². The number of nitrogen functional groups attached to an aromatic ring is 1. The van der Waals surface area contributed by atoms with E-state index < -0.39 is 0 Å². The Labute approximate surface area is 133 Å². The van der Waals surface area contributed by atoms with Gasteiger partial charge in [-0.15, -0.1) is 0 Å². The summed E-state index contributed by atoms with van der Waals surface area (Å²) in [6.45, 7) is 2.39. The largest absolute Gasteiger partial charge is 0.383 e. The lowest BCUT2D eigenvalue weighted by Crippen LogP contribution is -2.23. The summed E-state index contributed by atoms with van der Waals surface area (Å²) in [4.78, 5) is 16.2. The van der Waals surface area contributed by atoms with Gasteiger partial charge in [0.1, 0.15) is 11.6 Å². The first kappa shape index (κ1) is 15.0. The van der Waals surface area contributed by atoms with Gasteiger partial charge in [-0.2, -0.15) is 0 Å². The van der Waals surface area contributed by atoms with E-state index in [1.165, 1.54) is 18.3 Å². The van der Waals surface area contributed by atoms with E-state index >= 15 is 0 Å². The quantitative estimate of drug-likeness (QED) is 0.779. The zero-order valence-electron chi connectivity index (χ0n) is 12.6. The summed E-state index contributed by atoms with van der Waals surface area (Å²) < 4.78 is 13.4. The Kier molecular flexibility index (Phi) is 3.93. The van der Waals surface area contributed by atoms with Crippen LogP contribution in [0.15, 0.2) is 48.7 Å². The number of anilines is 1. The molecule has 0 unspecified atom stereocenters.